The van der Waals surface area contributed by atoms with Crippen LogP contribution in [0.2, 0.25) is 0 Å². The van der Waals surface area contributed by atoms with Gasteiger partial charge >= 0.3 is 5.97 Å². The molecule has 1 unspecified atom stereocenters. The summed E-state index contributed by atoms with van der Waals surface area (Å²) in [7, 11) is 0. The fourth-order valence-electron chi connectivity index (χ4n) is 2.59. The molecule has 0 saturated heterocycles. The van der Waals surface area contributed by atoms with Gasteiger partial charge in [0.15, 0.2) is 0 Å². The zero-order valence-corrected chi connectivity index (χ0v) is 10.6. The lowest BCUT2D eigenvalue weighted by molar-refractivity contribution is -0.142. The fraction of sp³-hybridized carbons (Fsp3) is 0.333. The number of carboxylic acid groups (broad SMARTS) is 1. The van der Waals surface area contributed by atoms with Crippen molar-refractivity contribution in [2.75, 3.05) is 0 Å². The average Bonchev–Trinajstić information content (AvgIpc) is 2.80. The van der Waals surface area contributed by atoms with E-state index in [0.717, 1.165) is 24.4 Å². The molecular formula is C15H16N2O2. The molecule has 0 spiro atoms. The summed E-state index contributed by atoms with van der Waals surface area (Å²) < 4.78 is 2.00. The molecule has 2 heterocycles. The molecule has 98 valence electrons. The molecule has 0 saturated carbocycles. The van der Waals surface area contributed by atoms with Crippen molar-refractivity contribution in [1.29, 1.82) is 0 Å². The minimum Gasteiger partial charge on any atom is -0.481 e. The monoisotopic (exact) mass is 256 g/mol. The van der Waals surface area contributed by atoms with Crippen LogP contribution in [0.25, 0.3) is 0 Å². The van der Waals surface area contributed by atoms with Gasteiger partial charge in [-0.3, -0.25) is 4.79 Å². The smallest absolute Gasteiger partial charge is 0.308 e. The van der Waals surface area contributed by atoms with E-state index in [9.17, 15) is 4.79 Å². The van der Waals surface area contributed by atoms with Crippen molar-refractivity contribution >= 4 is 5.97 Å². The van der Waals surface area contributed by atoms with E-state index in [1.807, 2.05) is 29.0 Å². The van der Waals surface area contributed by atoms with E-state index in [1.54, 1.807) is 0 Å². The molecule has 1 N–H and O–H groups in total. The maximum Gasteiger partial charge on any atom is 0.308 e. The number of aliphatic carboxylic acids is 1. The normalized spacial score (nSPS) is 18.0. The van der Waals surface area contributed by atoms with Gasteiger partial charge in [-0.1, -0.05) is 30.3 Å². The zero-order chi connectivity index (χ0) is 13.2. The predicted octanol–water partition coefficient (Wildman–Crippen LogP) is 2.12. The molecule has 4 heteroatoms. The number of nitrogens with zero attached hydrogens (tertiary/aromatic N) is 2. The summed E-state index contributed by atoms with van der Waals surface area (Å²) >= 11 is 0. The molecule has 0 amide bonds. The molecule has 4 nitrogen and oxygen atoms in total. The summed E-state index contributed by atoms with van der Waals surface area (Å²) in [6, 6.07) is 10.2. The quantitative estimate of drug-likeness (QED) is 0.915. The van der Waals surface area contributed by atoms with Crippen molar-refractivity contribution in [2.24, 2.45) is 5.92 Å². The molecular weight excluding hydrogens is 240 g/mol. The molecule has 1 atom stereocenters. The first-order valence-electron chi connectivity index (χ1n) is 6.54. The molecule has 0 aliphatic carbocycles. The van der Waals surface area contributed by atoms with Gasteiger partial charge in [-0.2, -0.15) is 0 Å². The van der Waals surface area contributed by atoms with Gasteiger partial charge in [0, 0.05) is 25.6 Å². The van der Waals surface area contributed by atoms with E-state index in [4.69, 9.17) is 5.11 Å². The van der Waals surface area contributed by atoms with Crippen molar-refractivity contribution < 1.29 is 9.90 Å². The van der Waals surface area contributed by atoms with E-state index in [1.165, 1.54) is 5.56 Å². The van der Waals surface area contributed by atoms with Crippen LogP contribution in [0.1, 0.15) is 23.5 Å². The topological polar surface area (TPSA) is 55.1 Å². The van der Waals surface area contributed by atoms with Crippen LogP contribution in [0.3, 0.4) is 0 Å². The minimum atomic E-state index is -0.705. The van der Waals surface area contributed by atoms with Crippen molar-refractivity contribution in [1.82, 2.24) is 9.55 Å². The van der Waals surface area contributed by atoms with Crippen molar-refractivity contribution in [3.8, 4) is 0 Å². The predicted molar refractivity (Wildman–Crippen MR) is 70.9 cm³/mol. The molecule has 0 bridgehead atoms. The van der Waals surface area contributed by atoms with E-state index in [0.29, 0.717) is 13.0 Å². The van der Waals surface area contributed by atoms with Gasteiger partial charge in [0.2, 0.25) is 0 Å². The first kappa shape index (κ1) is 12.0. The van der Waals surface area contributed by atoms with Crippen molar-refractivity contribution in [3.05, 3.63) is 53.6 Å². The standard InChI is InChI=1S/C15H16N2O2/c18-15(19)12-6-7-14-16-13(10-17(14)9-12)8-11-4-2-1-3-5-11/h1-5,10,12H,6-9H2,(H,18,19). The minimum absolute atomic E-state index is 0.272. The molecule has 1 aliphatic rings. The number of carbonyl (C=O) groups is 1. The average molecular weight is 256 g/mol. The van der Waals surface area contributed by atoms with Crippen LogP contribution in [0.15, 0.2) is 36.5 Å². The van der Waals surface area contributed by atoms with E-state index >= 15 is 0 Å². The van der Waals surface area contributed by atoms with Gasteiger partial charge in [0.1, 0.15) is 5.82 Å². The summed E-state index contributed by atoms with van der Waals surface area (Å²) in [5.74, 6) is 0.0404. The maximum atomic E-state index is 11.0. The van der Waals surface area contributed by atoms with Gasteiger partial charge in [-0.05, 0) is 12.0 Å². The largest absolute Gasteiger partial charge is 0.481 e. The third kappa shape index (κ3) is 2.52. The van der Waals surface area contributed by atoms with E-state index in [-0.39, 0.29) is 5.92 Å². The first-order valence-corrected chi connectivity index (χ1v) is 6.54. The Morgan fingerprint density at radius 1 is 1.37 bits per heavy atom. The number of imidazole rings is 1. The second-order valence-electron chi connectivity index (χ2n) is 5.04. The Balaban J connectivity index is 1.78. The summed E-state index contributed by atoms with van der Waals surface area (Å²) in [5, 5.41) is 9.07. The Labute approximate surface area is 111 Å². The number of hydrogen-bond acceptors (Lipinski definition) is 2. The second-order valence-corrected chi connectivity index (χ2v) is 5.04. The Kier molecular flexibility index (Phi) is 3.07. The summed E-state index contributed by atoms with van der Waals surface area (Å²) in [4.78, 5) is 15.6. The van der Waals surface area contributed by atoms with Gasteiger partial charge in [-0.25, -0.2) is 4.98 Å². The van der Waals surface area contributed by atoms with Crippen LogP contribution in [0.5, 0.6) is 0 Å². The molecule has 0 fully saturated rings. The van der Waals surface area contributed by atoms with Crippen LogP contribution in [-0.2, 0) is 24.2 Å². The van der Waals surface area contributed by atoms with Gasteiger partial charge in [0.25, 0.3) is 0 Å². The third-order valence-electron chi connectivity index (χ3n) is 3.62. The number of aromatic nitrogens is 2. The van der Waals surface area contributed by atoms with Crippen molar-refractivity contribution in [2.45, 2.75) is 25.8 Å². The highest BCUT2D eigenvalue weighted by molar-refractivity contribution is 5.70. The Bertz CT molecular complexity index is 589. The second kappa shape index (κ2) is 4.88. The lowest BCUT2D eigenvalue weighted by Gasteiger charge is -2.19. The molecule has 3 rings (SSSR count). The Hall–Kier alpha value is -2.10. The highest BCUT2D eigenvalue weighted by atomic mass is 16.4. The maximum absolute atomic E-state index is 11.0. The molecule has 1 aromatic carbocycles. The molecule has 2 aromatic rings. The summed E-state index contributed by atoms with van der Waals surface area (Å²) in [5.41, 5.74) is 2.25. The zero-order valence-electron chi connectivity index (χ0n) is 10.6. The molecule has 1 aliphatic heterocycles. The fourth-order valence-corrected chi connectivity index (χ4v) is 2.59. The number of fused-ring (bicyclic) bond motifs is 1. The Morgan fingerprint density at radius 2 is 2.16 bits per heavy atom. The van der Waals surface area contributed by atoms with Crippen LogP contribution in [0, 0.1) is 5.92 Å². The molecule has 0 radical (unpaired) electrons. The Morgan fingerprint density at radius 3 is 2.89 bits per heavy atom. The number of hydrogen-bond donors (Lipinski definition) is 1. The number of carboxylic acids is 1. The molecule has 1 aromatic heterocycles. The van der Waals surface area contributed by atoms with Crippen LogP contribution >= 0.6 is 0 Å². The van der Waals surface area contributed by atoms with E-state index < -0.39 is 5.97 Å². The number of aryl methyl sites for hydroxylation is 1. The lowest BCUT2D eigenvalue weighted by Crippen LogP contribution is -2.26. The van der Waals surface area contributed by atoms with Crippen LogP contribution in [0.4, 0.5) is 0 Å². The number of rotatable bonds is 3. The number of benzene rings is 1. The highest BCUT2D eigenvalue weighted by Crippen LogP contribution is 2.21. The van der Waals surface area contributed by atoms with Gasteiger partial charge in [0.05, 0.1) is 11.6 Å². The highest BCUT2D eigenvalue weighted by Gasteiger charge is 2.25. The first-order chi connectivity index (χ1) is 9.22. The van der Waals surface area contributed by atoms with Gasteiger partial charge in [-0.15, -0.1) is 0 Å². The van der Waals surface area contributed by atoms with Gasteiger partial charge < -0.3 is 9.67 Å². The SMILES string of the molecule is O=C(O)C1CCc2nc(Cc3ccccc3)cn2C1. The lowest BCUT2D eigenvalue weighted by atomic mass is 10.00. The summed E-state index contributed by atoms with van der Waals surface area (Å²) in [6.45, 7) is 0.548. The van der Waals surface area contributed by atoms with E-state index in [2.05, 4.69) is 17.1 Å². The van der Waals surface area contributed by atoms with Crippen LogP contribution < -0.4 is 0 Å². The summed E-state index contributed by atoms with van der Waals surface area (Å²) in [6.07, 6.45) is 4.25. The third-order valence-corrected chi connectivity index (χ3v) is 3.62. The van der Waals surface area contributed by atoms with Crippen LogP contribution in [-0.4, -0.2) is 20.6 Å². The molecule has 19 heavy (non-hydrogen) atoms. The van der Waals surface area contributed by atoms with Crippen molar-refractivity contribution in [3.63, 3.8) is 0 Å².